The summed E-state index contributed by atoms with van der Waals surface area (Å²) in [6, 6.07) is 20.9. The number of amides is 3. The van der Waals surface area contributed by atoms with E-state index in [1.165, 1.54) is 24.3 Å². The summed E-state index contributed by atoms with van der Waals surface area (Å²) in [6.45, 7) is 6.98. The number of hydrogen-bond donors (Lipinski definition) is 3. The number of benzene rings is 2. The van der Waals surface area contributed by atoms with Gasteiger partial charge < -0.3 is 40.0 Å². The number of hydrogen-bond acceptors (Lipinski definition) is 14. The van der Waals surface area contributed by atoms with Crippen LogP contribution in [0.15, 0.2) is 97.6 Å². The summed E-state index contributed by atoms with van der Waals surface area (Å²) < 4.78 is 48.4. The number of aromatic nitrogens is 6. The predicted molar refractivity (Wildman–Crippen MR) is 294 cm³/mol. The zero-order valence-corrected chi connectivity index (χ0v) is 45.6. The van der Waals surface area contributed by atoms with Crippen LogP contribution in [-0.4, -0.2) is 109 Å². The molecule has 0 spiro atoms. The Labute approximate surface area is 455 Å². The number of carbonyl (C=O) groups is 3. The molecule has 2 aromatic carbocycles. The average molecular weight is 1070 g/mol. The summed E-state index contributed by atoms with van der Waals surface area (Å²) in [6.07, 6.45) is 9.73. The Bertz CT molecular complexity index is 3750. The van der Waals surface area contributed by atoms with Gasteiger partial charge in [-0.15, -0.1) is 0 Å². The average Bonchev–Trinajstić information content (AvgIpc) is 4.36. The summed E-state index contributed by atoms with van der Waals surface area (Å²) in [5, 5.41) is 9.67. The Balaban J connectivity index is 0.000000170. The normalized spacial score (nSPS) is 15.8. The van der Waals surface area contributed by atoms with Gasteiger partial charge >= 0.3 is 6.09 Å². The number of nitrogens with zero attached hydrogens (tertiary/aromatic N) is 9. The first kappa shape index (κ1) is 52.9. The first-order valence-electron chi connectivity index (χ1n) is 26.1. The maximum absolute atomic E-state index is 13.9. The second-order valence-corrected chi connectivity index (χ2v) is 22.0. The van der Waals surface area contributed by atoms with E-state index in [-0.39, 0.29) is 29.5 Å². The van der Waals surface area contributed by atoms with Crippen molar-refractivity contribution in [1.29, 1.82) is 0 Å². The quantitative estimate of drug-likeness (QED) is 0.0934. The minimum absolute atomic E-state index is 0.0109. The van der Waals surface area contributed by atoms with Gasteiger partial charge in [0.15, 0.2) is 0 Å². The van der Waals surface area contributed by atoms with E-state index in [2.05, 4.69) is 41.8 Å². The van der Waals surface area contributed by atoms with Crippen LogP contribution in [0.2, 0.25) is 0 Å². The van der Waals surface area contributed by atoms with Crippen LogP contribution in [-0.2, 0) is 51.6 Å². The molecule has 12 rings (SSSR count). The minimum atomic E-state index is -0.780. The van der Waals surface area contributed by atoms with Gasteiger partial charge in [-0.05, 0) is 122 Å². The van der Waals surface area contributed by atoms with Gasteiger partial charge in [0.25, 0.3) is 11.8 Å². The Kier molecular flexibility index (Phi) is 13.5. The Morgan fingerprint density at radius 1 is 0.684 bits per heavy atom. The number of nitrogens with one attached hydrogen (secondary N) is 3. The van der Waals surface area contributed by atoms with Crippen LogP contribution in [0.25, 0.3) is 33.8 Å². The van der Waals surface area contributed by atoms with E-state index >= 15 is 0 Å². The number of halogens is 2. The van der Waals surface area contributed by atoms with Crippen LogP contribution in [0.5, 0.6) is 0 Å². The summed E-state index contributed by atoms with van der Waals surface area (Å²) in [7, 11) is 11.5. The third-order valence-corrected chi connectivity index (χ3v) is 14.7. The molecule has 0 saturated heterocycles. The third kappa shape index (κ3) is 10.2. The summed E-state index contributed by atoms with van der Waals surface area (Å²) in [4.78, 5) is 63.7. The Morgan fingerprint density at radius 3 is 1.62 bits per heavy atom. The van der Waals surface area contributed by atoms with E-state index in [1.54, 1.807) is 70.2 Å². The van der Waals surface area contributed by atoms with E-state index < -0.39 is 23.4 Å². The van der Waals surface area contributed by atoms with Crippen molar-refractivity contribution in [3.63, 3.8) is 0 Å². The molecule has 2 saturated carbocycles. The first-order valence-corrected chi connectivity index (χ1v) is 26.1. The van der Waals surface area contributed by atoms with Crippen LogP contribution in [0.1, 0.15) is 101 Å². The molecule has 79 heavy (non-hydrogen) atoms. The minimum Gasteiger partial charge on any atom is -0.443 e. The molecular weight excluding hydrogens is 1010 g/mol. The lowest BCUT2D eigenvalue weighted by molar-refractivity contribution is 0.0248. The Morgan fingerprint density at radius 2 is 1.16 bits per heavy atom. The second kappa shape index (κ2) is 20.2. The van der Waals surface area contributed by atoms with Gasteiger partial charge in [0.2, 0.25) is 0 Å². The largest absolute Gasteiger partial charge is 0.443 e. The van der Waals surface area contributed by atoms with Gasteiger partial charge in [-0.3, -0.25) is 18.4 Å². The van der Waals surface area contributed by atoms with Crippen molar-refractivity contribution in [1.82, 2.24) is 48.8 Å². The van der Waals surface area contributed by atoms with Gasteiger partial charge in [-0.1, -0.05) is 24.3 Å². The fourth-order valence-corrected chi connectivity index (χ4v) is 10.7. The molecule has 2 aliphatic heterocycles. The van der Waals surface area contributed by atoms with Crippen molar-refractivity contribution in [2.24, 2.45) is 0 Å². The zero-order chi connectivity index (χ0) is 55.7. The van der Waals surface area contributed by atoms with Gasteiger partial charge in [-0.2, -0.15) is 0 Å². The number of carbonyl (C=O) groups excluding carboxylic acids is 3. The molecule has 3 N–H and O–H groups in total. The summed E-state index contributed by atoms with van der Waals surface area (Å²) in [5.74, 6) is -0.123. The molecule has 2 fully saturated rings. The predicted octanol–water partition coefficient (Wildman–Crippen LogP) is 10.1. The fraction of sp³-hybridized carbons (Fsp3) is 0.339. The second-order valence-electron chi connectivity index (χ2n) is 22.0. The number of imide groups is 1. The smallest absolute Gasteiger partial charge is 0.417 e. The van der Waals surface area contributed by atoms with Crippen molar-refractivity contribution in [2.45, 2.75) is 89.4 Å². The molecule has 2 aliphatic carbocycles. The molecule has 20 heteroatoms. The molecule has 3 amide bonds. The molecule has 18 nitrogen and oxygen atoms in total. The van der Waals surface area contributed by atoms with Crippen molar-refractivity contribution >= 4 is 52.2 Å². The molecule has 0 bridgehead atoms. The van der Waals surface area contributed by atoms with Crippen LogP contribution in [0, 0.1) is 11.6 Å². The lowest BCUT2D eigenvalue weighted by atomic mass is 9.99. The summed E-state index contributed by atoms with van der Waals surface area (Å²) >= 11 is 0. The van der Waals surface area contributed by atoms with Crippen molar-refractivity contribution < 1.29 is 37.4 Å². The van der Waals surface area contributed by atoms with Gasteiger partial charge in [0.05, 0.1) is 75.4 Å². The van der Waals surface area contributed by atoms with Crippen LogP contribution in [0.3, 0.4) is 0 Å². The lowest BCUT2D eigenvalue weighted by Gasteiger charge is -2.23. The molecule has 8 aromatic rings. The fourth-order valence-electron chi connectivity index (χ4n) is 10.7. The van der Waals surface area contributed by atoms with Crippen molar-refractivity contribution in [3.05, 3.63) is 154 Å². The maximum atomic E-state index is 13.9. The topological polar surface area (TPSA) is 185 Å². The molecule has 6 aromatic heterocycles. The highest BCUT2D eigenvalue weighted by atomic mass is 19.1. The van der Waals surface area contributed by atoms with E-state index in [4.69, 9.17) is 24.2 Å². The van der Waals surface area contributed by atoms with E-state index in [0.717, 1.165) is 69.9 Å². The summed E-state index contributed by atoms with van der Waals surface area (Å²) in [5.41, 5.74) is 10.3. The van der Waals surface area contributed by atoms with E-state index in [9.17, 15) is 23.2 Å². The number of methoxy groups -OCH3 is 2. The van der Waals surface area contributed by atoms with Crippen molar-refractivity contribution in [2.75, 3.05) is 53.0 Å². The standard InChI is InChI=1S/C32H35FN6O4.C27H27FN6O2/c1-31(2,3)43-30(41)39-17-21-20(25-16-34-27-15-19(33)11-14-38(25)27)7-9-23(28(21)29(39)40)35-26-10-8-22(32(42-6)12-13-32)24(36-26)18-37(4)5;1-33(2)15-21-19(27(36-3)9-10-27)5-7-23(32-21)31-20-6-4-17(18-13-30-26(35)25(18)20)22-14-29-24-12-16(28)8-11-34(22)24/h7-11,14-16H,12-13,17-18H2,1-6H3,(H,35,36);4-8,11-12,14H,9-10,13,15H2,1-3H3,(H,30,35)(H,31,32). The van der Waals surface area contributed by atoms with E-state index in [1.807, 2.05) is 69.0 Å². The van der Waals surface area contributed by atoms with Gasteiger partial charge in [0.1, 0.15) is 40.2 Å². The number of imidazole rings is 2. The number of rotatable bonds is 14. The molecule has 8 heterocycles. The highest BCUT2D eigenvalue weighted by Gasteiger charge is 2.48. The van der Waals surface area contributed by atoms with Crippen LogP contribution in [0.4, 0.5) is 36.6 Å². The SMILES string of the molecule is COC1(c2ccc(Nc3ccc(-c4cnc5cc(F)ccn45)c4c3C(=O)N(C(=O)OC(C)(C)C)C4)nc2CN(C)C)CC1.COC1(c2ccc(Nc3ccc(-c4cnc5cc(F)ccn45)c4c3C(=O)NC4)nc2CN(C)C)CC1. The van der Waals surface area contributed by atoms with Crippen LogP contribution >= 0.6 is 0 Å². The maximum Gasteiger partial charge on any atom is 0.417 e. The Hall–Kier alpha value is -8.17. The zero-order valence-electron chi connectivity index (χ0n) is 45.6. The highest BCUT2D eigenvalue weighted by Crippen LogP contribution is 2.51. The number of pyridine rings is 4. The number of fused-ring (bicyclic) bond motifs is 4. The molecule has 408 valence electrons. The van der Waals surface area contributed by atoms with Gasteiger partial charge in [-0.25, -0.2) is 38.4 Å². The molecular formula is C59H62F2N12O6. The van der Waals surface area contributed by atoms with E-state index in [0.29, 0.717) is 81.9 Å². The third-order valence-electron chi connectivity index (χ3n) is 14.7. The molecule has 0 unspecified atom stereocenters. The number of ether oxygens (including phenoxy) is 3. The molecule has 0 radical (unpaired) electrons. The van der Waals surface area contributed by atoms with Gasteiger partial charge in [0, 0.05) is 80.6 Å². The number of anilines is 4. The van der Waals surface area contributed by atoms with Crippen molar-refractivity contribution in [3.8, 4) is 22.5 Å². The highest BCUT2D eigenvalue weighted by molar-refractivity contribution is 6.12. The molecule has 4 aliphatic rings. The lowest BCUT2D eigenvalue weighted by Crippen LogP contribution is -2.37. The first-order chi connectivity index (χ1) is 37.8. The van der Waals surface area contributed by atoms with Crippen LogP contribution < -0.4 is 16.0 Å². The molecule has 0 atom stereocenters. The monoisotopic (exact) mass is 1070 g/mol.